The number of carbonyl (C=O) groups excluding carboxylic acids is 1. The monoisotopic (exact) mass is 255 g/mol. The first-order chi connectivity index (χ1) is 8.37. The van der Waals surface area contributed by atoms with Gasteiger partial charge in [0, 0.05) is 44.8 Å². The first-order valence-corrected chi connectivity index (χ1v) is 6.81. The molecule has 1 unspecified atom stereocenters. The number of hydrogen-bond donors (Lipinski definition) is 1. The molecule has 0 bridgehead atoms. The third-order valence-corrected chi connectivity index (χ3v) is 3.56. The second kappa shape index (κ2) is 5.05. The summed E-state index contributed by atoms with van der Waals surface area (Å²) in [6, 6.07) is 1.07. The Morgan fingerprint density at radius 1 is 1.28 bits per heavy atom. The molecule has 2 aliphatic rings. The molecule has 0 radical (unpaired) electrons. The van der Waals surface area contributed by atoms with E-state index < -0.39 is 5.60 Å². The molecule has 2 heterocycles. The highest BCUT2D eigenvalue weighted by Gasteiger charge is 2.34. The van der Waals surface area contributed by atoms with Crippen LogP contribution in [0.4, 0.5) is 4.79 Å². The molecule has 2 fully saturated rings. The molecule has 18 heavy (non-hydrogen) atoms. The molecule has 2 aliphatic heterocycles. The van der Waals surface area contributed by atoms with Gasteiger partial charge in [-0.1, -0.05) is 0 Å². The predicted molar refractivity (Wildman–Crippen MR) is 70.6 cm³/mol. The fourth-order valence-corrected chi connectivity index (χ4v) is 2.51. The highest BCUT2D eigenvalue weighted by molar-refractivity contribution is 5.68. The van der Waals surface area contributed by atoms with Crippen LogP contribution in [0, 0.1) is 0 Å². The number of amides is 1. The summed E-state index contributed by atoms with van der Waals surface area (Å²) in [6.45, 7) is 12.6. The summed E-state index contributed by atoms with van der Waals surface area (Å²) >= 11 is 0. The van der Waals surface area contributed by atoms with Crippen molar-refractivity contribution in [2.75, 3.05) is 32.7 Å². The summed E-state index contributed by atoms with van der Waals surface area (Å²) in [5, 5.41) is 3.30. The molecule has 0 aliphatic carbocycles. The van der Waals surface area contributed by atoms with Crippen LogP contribution in [0.5, 0.6) is 0 Å². The number of piperazine rings is 1. The average molecular weight is 255 g/mol. The lowest BCUT2D eigenvalue weighted by molar-refractivity contribution is -0.00741. The molecule has 0 aromatic heterocycles. The first-order valence-electron chi connectivity index (χ1n) is 6.81. The fourth-order valence-electron chi connectivity index (χ4n) is 2.51. The van der Waals surface area contributed by atoms with E-state index in [0.29, 0.717) is 12.1 Å². The number of nitrogens with one attached hydrogen (secondary N) is 1. The molecule has 0 aromatic carbocycles. The Labute approximate surface area is 109 Å². The standard InChI is InChI=1S/C13H25N3O2/c1-10-9-15(12(17)18-13(2,3)4)5-6-16(10)11-7-14-8-11/h10-11,14H,5-9H2,1-4H3. The van der Waals surface area contributed by atoms with Gasteiger partial charge in [-0.25, -0.2) is 4.79 Å². The van der Waals surface area contributed by atoms with Gasteiger partial charge in [-0.2, -0.15) is 0 Å². The minimum atomic E-state index is -0.407. The molecular formula is C13H25N3O2. The maximum absolute atomic E-state index is 12.0. The SMILES string of the molecule is CC1CN(C(=O)OC(C)(C)C)CCN1C1CNC1. The fraction of sp³-hybridized carbons (Fsp3) is 0.923. The molecule has 0 spiro atoms. The van der Waals surface area contributed by atoms with Crippen LogP contribution in [0.25, 0.3) is 0 Å². The first kappa shape index (κ1) is 13.6. The van der Waals surface area contributed by atoms with E-state index in [-0.39, 0.29) is 6.09 Å². The molecule has 1 atom stereocenters. The van der Waals surface area contributed by atoms with E-state index in [4.69, 9.17) is 4.74 Å². The van der Waals surface area contributed by atoms with Gasteiger partial charge < -0.3 is 15.0 Å². The van der Waals surface area contributed by atoms with Crippen LogP contribution in [0.3, 0.4) is 0 Å². The predicted octanol–water partition coefficient (Wildman–Crippen LogP) is 0.899. The van der Waals surface area contributed by atoms with Crippen molar-refractivity contribution in [2.45, 2.75) is 45.4 Å². The zero-order valence-corrected chi connectivity index (χ0v) is 11.9. The lowest BCUT2D eigenvalue weighted by Gasteiger charge is -2.47. The third kappa shape index (κ3) is 3.14. The molecular weight excluding hydrogens is 230 g/mol. The summed E-state index contributed by atoms with van der Waals surface area (Å²) in [5.74, 6) is 0. The van der Waals surface area contributed by atoms with Crippen molar-refractivity contribution in [3.8, 4) is 0 Å². The van der Waals surface area contributed by atoms with Crippen LogP contribution < -0.4 is 5.32 Å². The van der Waals surface area contributed by atoms with Crippen molar-refractivity contribution < 1.29 is 9.53 Å². The van der Waals surface area contributed by atoms with E-state index in [1.807, 2.05) is 25.7 Å². The largest absolute Gasteiger partial charge is 0.444 e. The Bertz CT molecular complexity index is 310. The van der Waals surface area contributed by atoms with Crippen LogP contribution in [-0.2, 0) is 4.74 Å². The van der Waals surface area contributed by atoms with Gasteiger partial charge in [-0.3, -0.25) is 4.90 Å². The van der Waals surface area contributed by atoms with E-state index in [1.165, 1.54) is 0 Å². The van der Waals surface area contributed by atoms with E-state index in [9.17, 15) is 4.79 Å². The minimum Gasteiger partial charge on any atom is -0.444 e. The van der Waals surface area contributed by atoms with Crippen molar-refractivity contribution in [1.82, 2.24) is 15.1 Å². The Hall–Kier alpha value is -0.810. The van der Waals surface area contributed by atoms with Gasteiger partial charge in [0.2, 0.25) is 0 Å². The van der Waals surface area contributed by atoms with E-state index >= 15 is 0 Å². The third-order valence-electron chi connectivity index (χ3n) is 3.56. The summed E-state index contributed by atoms with van der Waals surface area (Å²) in [4.78, 5) is 16.3. The zero-order valence-electron chi connectivity index (χ0n) is 11.9. The zero-order chi connectivity index (χ0) is 13.3. The normalized spacial score (nSPS) is 26.9. The lowest BCUT2D eigenvalue weighted by atomic mass is 10.1. The number of nitrogens with zero attached hydrogens (tertiary/aromatic N) is 2. The van der Waals surface area contributed by atoms with Gasteiger partial charge in [-0.15, -0.1) is 0 Å². The molecule has 1 amide bonds. The Morgan fingerprint density at radius 3 is 2.39 bits per heavy atom. The molecule has 5 nitrogen and oxygen atoms in total. The van der Waals surface area contributed by atoms with Crippen LogP contribution in [0.1, 0.15) is 27.7 Å². The number of ether oxygens (including phenoxy) is 1. The summed E-state index contributed by atoms with van der Waals surface area (Å²) < 4.78 is 5.42. The van der Waals surface area contributed by atoms with Crippen molar-refractivity contribution >= 4 is 6.09 Å². The van der Waals surface area contributed by atoms with Gasteiger partial charge in [-0.05, 0) is 27.7 Å². The molecule has 2 saturated heterocycles. The topological polar surface area (TPSA) is 44.8 Å². The van der Waals surface area contributed by atoms with Gasteiger partial charge in [0.15, 0.2) is 0 Å². The van der Waals surface area contributed by atoms with Crippen LogP contribution in [0.15, 0.2) is 0 Å². The molecule has 1 N–H and O–H groups in total. The van der Waals surface area contributed by atoms with E-state index in [0.717, 1.165) is 32.7 Å². The van der Waals surface area contributed by atoms with Crippen molar-refractivity contribution in [3.05, 3.63) is 0 Å². The second-order valence-electron chi connectivity index (χ2n) is 6.33. The number of carbonyl (C=O) groups is 1. The van der Waals surface area contributed by atoms with Crippen molar-refractivity contribution in [3.63, 3.8) is 0 Å². The van der Waals surface area contributed by atoms with Gasteiger partial charge in [0.05, 0.1) is 0 Å². The summed E-state index contributed by atoms with van der Waals surface area (Å²) in [6.07, 6.45) is -0.180. The van der Waals surface area contributed by atoms with Crippen molar-refractivity contribution in [2.24, 2.45) is 0 Å². The van der Waals surface area contributed by atoms with Crippen molar-refractivity contribution in [1.29, 1.82) is 0 Å². The minimum absolute atomic E-state index is 0.180. The summed E-state index contributed by atoms with van der Waals surface area (Å²) in [5.41, 5.74) is -0.407. The molecule has 2 rings (SSSR count). The van der Waals surface area contributed by atoms with Gasteiger partial charge in [0.25, 0.3) is 0 Å². The molecule has 104 valence electrons. The second-order valence-corrected chi connectivity index (χ2v) is 6.33. The Balaban J connectivity index is 1.85. The maximum atomic E-state index is 12.0. The molecule has 5 heteroatoms. The smallest absolute Gasteiger partial charge is 0.410 e. The van der Waals surface area contributed by atoms with E-state index in [1.54, 1.807) is 0 Å². The lowest BCUT2D eigenvalue weighted by Crippen LogP contribution is -2.65. The molecule has 0 aromatic rings. The number of hydrogen-bond acceptors (Lipinski definition) is 4. The number of rotatable bonds is 1. The highest BCUT2D eigenvalue weighted by Crippen LogP contribution is 2.18. The Kier molecular flexibility index (Phi) is 3.82. The molecule has 0 saturated carbocycles. The van der Waals surface area contributed by atoms with Crippen LogP contribution in [-0.4, -0.2) is 66.3 Å². The van der Waals surface area contributed by atoms with Gasteiger partial charge >= 0.3 is 6.09 Å². The Morgan fingerprint density at radius 2 is 1.94 bits per heavy atom. The van der Waals surface area contributed by atoms with Gasteiger partial charge in [0.1, 0.15) is 5.60 Å². The average Bonchev–Trinajstić information content (AvgIpc) is 2.15. The summed E-state index contributed by atoms with van der Waals surface area (Å²) in [7, 11) is 0. The van der Waals surface area contributed by atoms with Crippen LogP contribution >= 0.6 is 0 Å². The maximum Gasteiger partial charge on any atom is 0.410 e. The quantitative estimate of drug-likeness (QED) is 0.756. The highest BCUT2D eigenvalue weighted by atomic mass is 16.6. The van der Waals surface area contributed by atoms with E-state index in [2.05, 4.69) is 17.1 Å². The van der Waals surface area contributed by atoms with Crippen LogP contribution in [0.2, 0.25) is 0 Å².